The van der Waals surface area contributed by atoms with Crippen LogP contribution in [0.1, 0.15) is 13.3 Å². The Bertz CT molecular complexity index is 14.4. The number of alkyl halides is 1. The molecule has 5 heavy (non-hydrogen) atoms. The fraction of sp³-hybridized carbons (Fsp3) is 1.00. The second kappa shape index (κ2) is 4.69. The predicted octanol–water partition coefficient (Wildman–Crippen LogP) is -2.64. The maximum absolute atomic E-state index is 5.25. The average Bonchev–Trinajstić information content (AvgIpc) is 1.41. The molecule has 0 aliphatic rings. The standard InChI is InChI=1S/C3H9IN/c1-2-3-4-5/h2-3,5H2,1H3/q-1. The zero-order valence-corrected chi connectivity index (χ0v) is 5.53. The van der Waals surface area contributed by atoms with Crippen LogP contribution in [-0.2, 0) is 0 Å². The van der Waals surface area contributed by atoms with E-state index in [1.807, 2.05) is 0 Å². The molecule has 0 amide bonds. The van der Waals surface area contributed by atoms with Crippen molar-refractivity contribution in [1.82, 2.24) is 0 Å². The summed E-state index contributed by atoms with van der Waals surface area (Å²) in [4.78, 5) is 0. The maximum atomic E-state index is 5.25. The summed E-state index contributed by atoms with van der Waals surface area (Å²) in [7, 11) is 0. The number of hydrogen-bond donors (Lipinski definition) is 1. The third-order valence-corrected chi connectivity index (χ3v) is 2.00. The van der Waals surface area contributed by atoms with Crippen molar-refractivity contribution in [3.05, 3.63) is 0 Å². The molecule has 0 rings (SSSR count). The van der Waals surface area contributed by atoms with Crippen molar-refractivity contribution in [2.24, 2.45) is 3.95 Å². The third kappa shape index (κ3) is 4.69. The quantitative estimate of drug-likeness (QED) is 0.285. The van der Waals surface area contributed by atoms with Crippen molar-refractivity contribution >= 4 is 0 Å². The van der Waals surface area contributed by atoms with Gasteiger partial charge >= 0.3 is 43.2 Å². The van der Waals surface area contributed by atoms with E-state index in [0.717, 1.165) is 0 Å². The molecule has 0 saturated heterocycles. The molecule has 0 fully saturated rings. The minimum atomic E-state index is 0.107. The van der Waals surface area contributed by atoms with Crippen LogP contribution in [-0.4, -0.2) is 4.43 Å². The molecule has 34 valence electrons. The molecule has 0 aromatic heterocycles. The summed E-state index contributed by atoms with van der Waals surface area (Å²) in [5, 5.41) is 0. The zero-order chi connectivity index (χ0) is 4.12. The third-order valence-electron chi connectivity index (χ3n) is 0.298. The minimum absolute atomic E-state index is 0.107. The second-order valence-corrected chi connectivity index (χ2v) is 2.80. The van der Waals surface area contributed by atoms with Crippen molar-refractivity contribution in [1.29, 1.82) is 0 Å². The van der Waals surface area contributed by atoms with Gasteiger partial charge in [-0.3, -0.25) is 0 Å². The molecule has 0 aliphatic carbocycles. The monoisotopic (exact) mass is 186 g/mol. The Kier molecular flexibility index (Phi) is 5.34. The molecule has 0 radical (unpaired) electrons. The molecule has 0 saturated carbocycles. The van der Waals surface area contributed by atoms with Gasteiger partial charge in [-0.05, 0) is 0 Å². The summed E-state index contributed by atoms with van der Waals surface area (Å²) < 4.78 is 6.53. The fourth-order valence-corrected chi connectivity index (χ4v) is 0.732. The molecule has 2 heteroatoms. The van der Waals surface area contributed by atoms with Crippen LogP contribution in [0, 0.1) is 0 Å². The van der Waals surface area contributed by atoms with Gasteiger partial charge in [0.15, 0.2) is 0 Å². The summed E-state index contributed by atoms with van der Waals surface area (Å²) in [5.74, 6) is 0. The van der Waals surface area contributed by atoms with Gasteiger partial charge in [0, 0.05) is 0 Å². The molecule has 1 nitrogen and oxygen atoms in total. The first-order chi connectivity index (χ1) is 2.41. The van der Waals surface area contributed by atoms with Gasteiger partial charge in [-0.1, -0.05) is 0 Å². The number of hydrogen-bond acceptors (Lipinski definition) is 1. The predicted molar refractivity (Wildman–Crippen MR) is 19.3 cm³/mol. The molecular weight excluding hydrogens is 177 g/mol. The summed E-state index contributed by atoms with van der Waals surface area (Å²) in [6.07, 6.45) is 1.27. The van der Waals surface area contributed by atoms with Crippen molar-refractivity contribution in [2.75, 3.05) is 4.43 Å². The van der Waals surface area contributed by atoms with Crippen LogP contribution < -0.4 is 25.4 Å². The van der Waals surface area contributed by atoms with Gasteiger partial charge in [0.1, 0.15) is 0 Å². The Morgan fingerprint density at radius 3 is 2.40 bits per heavy atom. The van der Waals surface area contributed by atoms with Crippen LogP contribution >= 0.6 is 0 Å². The average molecular weight is 186 g/mol. The summed E-state index contributed by atoms with van der Waals surface area (Å²) >= 11 is 0.107. The summed E-state index contributed by atoms with van der Waals surface area (Å²) in [5.41, 5.74) is 0. The number of nitrogens with two attached hydrogens (primary N) is 1. The molecule has 0 atom stereocenters. The molecule has 2 N–H and O–H groups in total. The molecule has 0 heterocycles. The van der Waals surface area contributed by atoms with E-state index in [9.17, 15) is 0 Å². The first-order valence-electron chi connectivity index (χ1n) is 1.69. The Morgan fingerprint density at radius 1 is 1.80 bits per heavy atom. The normalized spacial score (nSPS) is 9.20. The van der Waals surface area contributed by atoms with E-state index in [1.165, 1.54) is 10.8 Å². The van der Waals surface area contributed by atoms with E-state index in [4.69, 9.17) is 3.95 Å². The number of rotatable bonds is 2. The SMILES string of the molecule is CCC[I-]N. The van der Waals surface area contributed by atoms with E-state index in [-0.39, 0.29) is 21.5 Å². The van der Waals surface area contributed by atoms with Gasteiger partial charge < -0.3 is 0 Å². The van der Waals surface area contributed by atoms with E-state index < -0.39 is 0 Å². The van der Waals surface area contributed by atoms with Crippen LogP contribution in [0.5, 0.6) is 0 Å². The van der Waals surface area contributed by atoms with Crippen LogP contribution in [0.2, 0.25) is 0 Å². The van der Waals surface area contributed by atoms with Gasteiger partial charge in [0.2, 0.25) is 0 Å². The van der Waals surface area contributed by atoms with Gasteiger partial charge in [0.25, 0.3) is 0 Å². The zero-order valence-electron chi connectivity index (χ0n) is 3.37. The van der Waals surface area contributed by atoms with E-state index in [2.05, 4.69) is 6.92 Å². The van der Waals surface area contributed by atoms with E-state index in [1.54, 1.807) is 0 Å². The molecular formula is C3H9IN-. The molecule has 0 unspecified atom stereocenters. The first-order valence-corrected chi connectivity index (χ1v) is 4.46. The Morgan fingerprint density at radius 2 is 2.40 bits per heavy atom. The van der Waals surface area contributed by atoms with E-state index >= 15 is 0 Å². The fourth-order valence-electron chi connectivity index (χ4n) is 0.109. The van der Waals surface area contributed by atoms with Gasteiger partial charge in [0.05, 0.1) is 0 Å². The van der Waals surface area contributed by atoms with Crippen LogP contribution in [0.25, 0.3) is 0 Å². The second-order valence-electron chi connectivity index (χ2n) is 0.843. The Labute approximate surface area is 43.6 Å². The van der Waals surface area contributed by atoms with Gasteiger partial charge in [-0.15, -0.1) is 0 Å². The topological polar surface area (TPSA) is 26.0 Å². The first kappa shape index (κ1) is 5.69. The summed E-state index contributed by atoms with van der Waals surface area (Å²) in [6, 6.07) is 0. The van der Waals surface area contributed by atoms with Crippen LogP contribution in [0.3, 0.4) is 0 Å². The van der Waals surface area contributed by atoms with E-state index in [0.29, 0.717) is 0 Å². The van der Waals surface area contributed by atoms with Gasteiger partial charge in [-0.2, -0.15) is 0 Å². The van der Waals surface area contributed by atoms with Crippen molar-refractivity contribution in [3.8, 4) is 0 Å². The number of halogens is 1. The van der Waals surface area contributed by atoms with Crippen LogP contribution in [0.4, 0.5) is 0 Å². The van der Waals surface area contributed by atoms with Crippen molar-refractivity contribution < 1.29 is 21.5 Å². The van der Waals surface area contributed by atoms with Crippen LogP contribution in [0.15, 0.2) is 0 Å². The summed E-state index contributed by atoms with van der Waals surface area (Å²) in [6.45, 7) is 2.16. The molecule has 0 aromatic rings. The van der Waals surface area contributed by atoms with Crippen molar-refractivity contribution in [3.63, 3.8) is 0 Å². The van der Waals surface area contributed by atoms with Crippen molar-refractivity contribution in [2.45, 2.75) is 13.3 Å². The Balaban J connectivity index is 2.19. The molecule has 0 aromatic carbocycles. The molecule has 0 bridgehead atoms. The molecule has 0 aliphatic heterocycles. The Hall–Kier alpha value is 0.690. The van der Waals surface area contributed by atoms with Gasteiger partial charge in [-0.25, -0.2) is 0 Å². The molecule has 0 spiro atoms.